The van der Waals surface area contributed by atoms with Crippen LogP contribution in [0.3, 0.4) is 0 Å². The number of aromatic nitrogens is 2. The number of hydrogen-bond donors (Lipinski definition) is 1. The maximum atomic E-state index is 5.08. The molecule has 0 bridgehead atoms. The van der Waals surface area contributed by atoms with Crippen molar-refractivity contribution in [2.45, 2.75) is 38.8 Å². The molecular weight excluding hydrogens is 204 g/mol. The minimum Gasteiger partial charge on any atom is -0.338 e. The Kier molecular flexibility index (Phi) is 4.30. The SMILES string of the molecule is CCCN(Cc1ncno1)C1CCCNC1. The second-order valence-electron chi connectivity index (χ2n) is 4.31. The molecule has 0 aliphatic carbocycles. The molecule has 1 unspecified atom stereocenters. The molecule has 0 saturated carbocycles. The normalized spacial score (nSPS) is 21.5. The molecule has 1 aromatic heterocycles. The van der Waals surface area contributed by atoms with Crippen molar-refractivity contribution in [3.63, 3.8) is 0 Å². The van der Waals surface area contributed by atoms with E-state index in [0.29, 0.717) is 6.04 Å². The number of piperidine rings is 1. The lowest BCUT2D eigenvalue weighted by molar-refractivity contribution is 0.140. The smallest absolute Gasteiger partial charge is 0.240 e. The summed E-state index contributed by atoms with van der Waals surface area (Å²) in [6.07, 6.45) is 5.15. The van der Waals surface area contributed by atoms with E-state index in [2.05, 4.69) is 27.3 Å². The van der Waals surface area contributed by atoms with Crippen molar-refractivity contribution >= 4 is 0 Å². The summed E-state index contributed by atoms with van der Waals surface area (Å²) in [5, 5.41) is 7.10. The molecule has 0 amide bonds. The third-order valence-corrected chi connectivity index (χ3v) is 3.04. The van der Waals surface area contributed by atoms with Crippen molar-refractivity contribution in [3.8, 4) is 0 Å². The Bertz CT molecular complexity index is 282. The molecule has 0 aromatic carbocycles. The zero-order valence-corrected chi connectivity index (χ0v) is 9.85. The summed E-state index contributed by atoms with van der Waals surface area (Å²) < 4.78 is 5.08. The molecular formula is C11H20N4O. The molecule has 5 heteroatoms. The Hall–Kier alpha value is -0.940. The molecule has 1 fully saturated rings. The highest BCUT2D eigenvalue weighted by molar-refractivity contribution is 4.82. The summed E-state index contributed by atoms with van der Waals surface area (Å²) in [6.45, 7) is 6.30. The monoisotopic (exact) mass is 224 g/mol. The summed E-state index contributed by atoms with van der Waals surface area (Å²) in [5.74, 6) is 0.721. The van der Waals surface area contributed by atoms with Gasteiger partial charge in [0.05, 0.1) is 6.54 Å². The predicted octanol–water partition coefficient (Wildman–Crippen LogP) is 1.03. The van der Waals surface area contributed by atoms with Crippen LogP contribution in [-0.4, -0.2) is 40.7 Å². The van der Waals surface area contributed by atoms with Crippen LogP contribution in [-0.2, 0) is 6.54 Å². The van der Waals surface area contributed by atoms with Gasteiger partial charge in [-0.2, -0.15) is 4.98 Å². The molecule has 16 heavy (non-hydrogen) atoms. The lowest BCUT2D eigenvalue weighted by Crippen LogP contribution is -2.45. The Morgan fingerprint density at radius 3 is 3.19 bits per heavy atom. The lowest BCUT2D eigenvalue weighted by atomic mass is 10.1. The third-order valence-electron chi connectivity index (χ3n) is 3.04. The number of nitrogens with zero attached hydrogens (tertiary/aromatic N) is 3. The zero-order chi connectivity index (χ0) is 11.2. The van der Waals surface area contributed by atoms with E-state index in [1.54, 1.807) is 0 Å². The first-order valence-corrected chi connectivity index (χ1v) is 6.10. The summed E-state index contributed by atoms with van der Waals surface area (Å²) in [7, 11) is 0. The van der Waals surface area contributed by atoms with E-state index < -0.39 is 0 Å². The van der Waals surface area contributed by atoms with E-state index in [-0.39, 0.29) is 0 Å². The van der Waals surface area contributed by atoms with Crippen molar-refractivity contribution in [2.75, 3.05) is 19.6 Å². The van der Waals surface area contributed by atoms with E-state index >= 15 is 0 Å². The second-order valence-corrected chi connectivity index (χ2v) is 4.31. The van der Waals surface area contributed by atoms with Crippen molar-refractivity contribution in [1.29, 1.82) is 0 Å². The average molecular weight is 224 g/mol. The number of hydrogen-bond acceptors (Lipinski definition) is 5. The Labute approximate surface area is 96.2 Å². The van der Waals surface area contributed by atoms with Gasteiger partial charge in [0.2, 0.25) is 5.89 Å². The summed E-state index contributed by atoms with van der Waals surface area (Å²) in [4.78, 5) is 6.54. The third kappa shape index (κ3) is 3.02. The van der Waals surface area contributed by atoms with Gasteiger partial charge in [0.15, 0.2) is 6.33 Å². The predicted molar refractivity (Wildman–Crippen MR) is 60.9 cm³/mol. The Morgan fingerprint density at radius 2 is 2.56 bits per heavy atom. The summed E-state index contributed by atoms with van der Waals surface area (Å²) in [5.41, 5.74) is 0. The van der Waals surface area contributed by atoms with Crippen molar-refractivity contribution in [3.05, 3.63) is 12.2 Å². The lowest BCUT2D eigenvalue weighted by Gasteiger charge is -2.33. The van der Waals surface area contributed by atoms with Crippen LogP contribution in [0.2, 0.25) is 0 Å². The topological polar surface area (TPSA) is 54.2 Å². The fourth-order valence-corrected chi connectivity index (χ4v) is 2.26. The standard InChI is InChI=1S/C11H20N4O/c1-2-6-15(8-11-13-9-14-16-11)10-4-3-5-12-7-10/h9-10,12H,2-8H2,1H3. The van der Waals surface area contributed by atoms with E-state index in [4.69, 9.17) is 4.52 Å². The minimum atomic E-state index is 0.612. The van der Waals surface area contributed by atoms with Crippen LogP contribution in [0.15, 0.2) is 10.9 Å². The highest BCUT2D eigenvalue weighted by Crippen LogP contribution is 2.13. The molecule has 2 heterocycles. The summed E-state index contributed by atoms with van der Waals surface area (Å²) >= 11 is 0. The van der Waals surface area contributed by atoms with Gasteiger partial charge >= 0.3 is 0 Å². The molecule has 2 rings (SSSR count). The van der Waals surface area contributed by atoms with E-state index in [0.717, 1.165) is 38.5 Å². The van der Waals surface area contributed by atoms with Crippen LogP contribution in [0.1, 0.15) is 32.1 Å². The molecule has 0 spiro atoms. The Morgan fingerprint density at radius 1 is 1.62 bits per heavy atom. The van der Waals surface area contributed by atoms with Crippen molar-refractivity contribution < 1.29 is 4.52 Å². The first kappa shape index (κ1) is 11.5. The van der Waals surface area contributed by atoms with Crippen molar-refractivity contribution in [1.82, 2.24) is 20.4 Å². The fourth-order valence-electron chi connectivity index (χ4n) is 2.26. The van der Waals surface area contributed by atoms with Gasteiger partial charge in [-0.15, -0.1) is 0 Å². The Balaban J connectivity index is 1.92. The fraction of sp³-hybridized carbons (Fsp3) is 0.818. The van der Waals surface area contributed by atoms with Gasteiger partial charge in [-0.3, -0.25) is 4.90 Å². The van der Waals surface area contributed by atoms with Gasteiger partial charge in [0.1, 0.15) is 0 Å². The minimum absolute atomic E-state index is 0.612. The quantitative estimate of drug-likeness (QED) is 0.809. The molecule has 90 valence electrons. The zero-order valence-electron chi connectivity index (χ0n) is 9.85. The van der Waals surface area contributed by atoms with Gasteiger partial charge in [-0.1, -0.05) is 12.1 Å². The first-order chi connectivity index (χ1) is 7.90. The van der Waals surface area contributed by atoms with E-state index in [9.17, 15) is 0 Å². The molecule has 1 atom stereocenters. The van der Waals surface area contributed by atoms with Gasteiger partial charge in [0, 0.05) is 12.6 Å². The molecule has 1 aliphatic heterocycles. The van der Waals surface area contributed by atoms with Gasteiger partial charge in [0.25, 0.3) is 0 Å². The first-order valence-electron chi connectivity index (χ1n) is 6.10. The van der Waals surface area contributed by atoms with Crippen LogP contribution < -0.4 is 5.32 Å². The van der Waals surface area contributed by atoms with Crippen LogP contribution in [0.4, 0.5) is 0 Å². The summed E-state index contributed by atoms with van der Waals surface area (Å²) in [6, 6.07) is 0.612. The van der Waals surface area contributed by atoms with Crippen molar-refractivity contribution in [2.24, 2.45) is 0 Å². The number of nitrogens with one attached hydrogen (secondary N) is 1. The second kappa shape index (κ2) is 5.96. The molecule has 0 radical (unpaired) electrons. The average Bonchev–Trinajstić information content (AvgIpc) is 2.83. The molecule has 5 nitrogen and oxygen atoms in total. The van der Waals surface area contributed by atoms with Gasteiger partial charge < -0.3 is 9.84 Å². The molecule has 1 N–H and O–H groups in total. The maximum Gasteiger partial charge on any atom is 0.240 e. The number of rotatable bonds is 5. The highest BCUT2D eigenvalue weighted by Gasteiger charge is 2.21. The largest absolute Gasteiger partial charge is 0.338 e. The van der Waals surface area contributed by atoms with Crippen LogP contribution in [0, 0.1) is 0 Å². The van der Waals surface area contributed by atoms with E-state index in [1.807, 2.05) is 0 Å². The van der Waals surface area contributed by atoms with Crippen LogP contribution >= 0.6 is 0 Å². The van der Waals surface area contributed by atoms with Crippen LogP contribution in [0.5, 0.6) is 0 Å². The molecule has 1 aromatic rings. The van der Waals surface area contributed by atoms with Gasteiger partial charge in [-0.05, 0) is 32.4 Å². The maximum absolute atomic E-state index is 5.08. The highest BCUT2D eigenvalue weighted by atomic mass is 16.5. The van der Waals surface area contributed by atoms with E-state index in [1.165, 1.54) is 19.2 Å². The van der Waals surface area contributed by atoms with Gasteiger partial charge in [-0.25, -0.2) is 0 Å². The molecule has 1 aliphatic rings. The molecule has 1 saturated heterocycles. The van der Waals surface area contributed by atoms with Crippen LogP contribution in [0.25, 0.3) is 0 Å².